The Balaban J connectivity index is 2.00. The van der Waals surface area contributed by atoms with Gasteiger partial charge < -0.3 is 5.73 Å². The molecule has 7 nitrogen and oxygen atoms in total. The predicted octanol–water partition coefficient (Wildman–Crippen LogP) is 2.05. The third-order valence-corrected chi connectivity index (χ3v) is 3.58. The first-order valence-corrected chi connectivity index (χ1v) is 6.76. The largest absolute Gasteiger partial charge is 0.396 e. The monoisotopic (exact) mass is 286 g/mol. The van der Waals surface area contributed by atoms with E-state index in [1.54, 1.807) is 0 Å². The van der Waals surface area contributed by atoms with Gasteiger partial charge in [0.1, 0.15) is 0 Å². The molecule has 3 aromatic heterocycles. The maximum absolute atomic E-state index is 6.16. The minimum absolute atomic E-state index is 0.0665. The topological polar surface area (TPSA) is 95.6 Å². The van der Waals surface area contributed by atoms with E-state index in [0.29, 0.717) is 23.4 Å². The predicted molar refractivity (Wildman–Crippen MR) is 78.8 cm³/mol. The molecule has 0 saturated carbocycles. The minimum Gasteiger partial charge on any atom is -0.396 e. The van der Waals surface area contributed by atoms with Crippen LogP contribution in [0.15, 0.2) is 17.0 Å². The van der Waals surface area contributed by atoms with Crippen LogP contribution in [0.3, 0.4) is 0 Å². The summed E-state index contributed by atoms with van der Waals surface area (Å²) in [5.41, 5.74) is 10.6. The first-order chi connectivity index (χ1) is 9.86. The second-order valence-electron chi connectivity index (χ2n) is 6.20. The second kappa shape index (κ2) is 4.54. The van der Waals surface area contributed by atoms with Crippen LogP contribution in [0.1, 0.15) is 37.6 Å². The highest BCUT2D eigenvalue weighted by Gasteiger charge is 2.18. The molecule has 7 heteroatoms. The number of nitrogen functional groups attached to an aromatic ring is 1. The van der Waals surface area contributed by atoms with Crippen LogP contribution in [0.5, 0.6) is 0 Å². The molecule has 110 valence electrons. The number of fused-ring (bicyclic) bond motifs is 1. The fraction of sp³-hybridized carbons (Fsp3) is 0.429. The molecular formula is C14H18N6O. The Morgan fingerprint density at radius 1 is 1.29 bits per heavy atom. The number of nitrogens with zero attached hydrogens (tertiary/aromatic N) is 5. The van der Waals surface area contributed by atoms with E-state index >= 15 is 0 Å². The third-order valence-electron chi connectivity index (χ3n) is 3.58. The highest BCUT2D eigenvalue weighted by Crippen LogP contribution is 2.25. The molecule has 0 aliphatic heterocycles. The highest BCUT2D eigenvalue weighted by molar-refractivity contribution is 5.85. The molecule has 0 aliphatic rings. The molecule has 0 aliphatic carbocycles. The van der Waals surface area contributed by atoms with Gasteiger partial charge in [-0.25, -0.2) is 9.61 Å². The van der Waals surface area contributed by atoms with Crippen molar-refractivity contribution in [3.8, 4) is 0 Å². The molecule has 0 amide bonds. The molecule has 21 heavy (non-hydrogen) atoms. The molecule has 0 bridgehead atoms. The summed E-state index contributed by atoms with van der Waals surface area (Å²) in [6.45, 7) is 8.91. The number of nitrogens with two attached hydrogens (primary N) is 1. The molecule has 0 radical (unpaired) electrons. The number of aryl methyl sites for hydroxylation is 1. The molecule has 3 rings (SSSR count). The van der Waals surface area contributed by atoms with Gasteiger partial charge in [-0.15, -0.1) is 0 Å². The summed E-state index contributed by atoms with van der Waals surface area (Å²) in [6, 6.07) is 0. The van der Waals surface area contributed by atoms with Crippen LogP contribution in [-0.4, -0.2) is 25.1 Å². The van der Waals surface area contributed by atoms with E-state index in [2.05, 4.69) is 45.8 Å². The van der Waals surface area contributed by atoms with Crippen molar-refractivity contribution in [3.05, 3.63) is 29.2 Å². The number of hydrogen-bond acceptors (Lipinski definition) is 6. The van der Waals surface area contributed by atoms with Crippen LogP contribution in [-0.2, 0) is 12.0 Å². The van der Waals surface area contributed by atoms with Gasteiger partial charge in [0.25, 0.3) is 0 Å². The normalized spacial score (nSPS) is 12.2. The fourth-order valence-corrected chi connectivity index (χ4v) is 2.19. The minimum atomic E-state index is 0.0665. The number of rotatable bonds is 2. The van der Waals surface area contributed by atoms with Gasteiger partial charge in [-0.1, -0.05) is 20.8 Å². The summed E-state index contributed by atoms with van der Waals surface area (Å²) >= 11 is 0. The number of aromatic nitrogens is 5. The van der Waals surface area contributed by atoms with Crippen molar-refractivity contribution in [2.75, 3.05) is 5.73 Å². The van der Waals surface area contributed by atoms with Gasteiger partial charge in [-0.05, 0) is 28.2 Å². The van der Waals surface area contributed by atoms with Crippen molar-refractivity contribution >= 4 is 16.9 Å². The summed E-state index contributed by atoms with van der Waals surface area (Å²) in [7, 11) is 0. The molecule has 0 unspecified atom stereocenters. The summed E-state index contributed by atoms with van der Waals surface area (Å²) in [6.07, 6.45) is 3.92. The van der Waals surface area contributed by atoms with Crippen molar-refractivity contribution < 1.29 is 4.63 Å². The molecular weight excluding hydrogens is 268 g/mol. The average Bonchev–Trinajstić information content (AvgIpc) is 3.01. The molecule has 2 N–H and O–H groups in total. The van der Waals surface area contributed by atoms with Crippen LogP contribution in [0.4, 0.5) is 5.69 Å². The standard InChI is InChI=1S/C14H18N6O/c1-8-10(11(15)12-13(17-8)19-21-18-12)7-20-6-9(5-16-20)14(2,3)4/h5-6H,7,15H2,1-4H3. The molecule has 0 atom stereocenters. The first kappa shape index (κ1) is 13.5. The summed E-state index contributed by atoms with van der Waals surface area (Å²) in [4.78, 5) is 4.36. The van der Waals surface area contributed by atoms with Gasteiger partial charge in [0.15, 0.2) is 5.52 Å². The van der Waals surface area contributed by atoms with Crippen molar-refractivity contribution in [1.29, 1.82) is 0 Å². The Morgan fingerprint density at radius 3 is 2.71 bits per heavy atom. The summed E-state index contributed by atoms with van der Waals surface area (Å²) < 4.78 is 6.55. The lowest BCUT2D eigenvalue weighted by atomic mass is 9.90. The van der Waals surface area contributed by atoms with Crippen LogP contribution in [0, 0.1) is 6.92 Å². The van der Waals surface area contributed by atoms with Crippen molar-refractivity contribution in [2.24, 2.45) is 0 Å². The van der Waals surface area contributed by atoms with E-state index in [9.17, 15) is 0 Å². The van der Waals surface area contributed by atoms with Crippen LogP contribution in [0.2, 0.25) is 0 Å². The maximum Gasteiger partial charge on any atom is 0.226 e. The first-order valence-electron chi connectivity index (χ1n) is 6.76. The van der Waals surface area contributed by atoms with E-state index in [0.717, 1.165) is 11.3 Å². The Hall–Kier alpha value is -2.44. The molecule has 0 saturated heterocycles. The lowest BCUT2D eigenvalue weighted by Gasteiger charge is -2.15. The third kappa shape index (κ3) is 2.35. The lowest BCUT2D eigenvalue weighted by Crippen LogP contribution is -2.10. The van der Waals surface area contributed by atoms with Crippen LogP contribution < -0.4 is 5.73 Å². The number of anilines is 1. The fourth-order valence-electron chi connectivity index (χ4n) is 2.19. The zero-order chi connectivity index (χ0) is 15.2. The number of pyridine rings is 1. The molecule has 0 spiro atoms. The zero-order valence-electron chi connectivity index (χ0n) is 12.6. The van der Waals surface area contributed by atoms with E-state index < -0.39 is 0 Å². The Morgan fingerprint density at radius 2 is 2.05 bits per heavy atom. The quantitative estimate of drug-likeness (QED) is 0.774. The number of hydrogen-bond donors (Lipinski definition) is 1. The van der Waals surface area contributed by atoms with Gasteiger partial charge in [-0.2, -0.15) is 5.10 Å². The molecule has 3 aromatic rings. The van der Waals surface area contributed by atoms with Crippen LogP contribution in [0.25, 0.3) is 11.2 Å². The van der Waals surface area contributed by atoms with Crippen molar-refractivity contribution in [2.45, 2.75) is 39.7 Å². The Labute approximate surface area is 122 Å². The SMILES string of the molecule is Cc1nc2nonc2c(N)c1Cn1cc(C(C)(C)C)cn1. The van der Waals surface area contributed by atoms with E-state index in [-0.39, 0.29) is 5.41 Å². The van der Waals surface area contributed by atoms with Crippen LogP contribution >= 0.6 is 0 Å². The smallest absolute Gasteiger partial charge is 0.226 e. The van der Waals surface area contributed by atoms with Gasteiger partial charge in [-0.3, -0.25) is 4.68 Å². The van der Waals surface area contributed by atoms with E-state index in [1.165, 1.54) is 5.56 Å². The van der Waals surface area contributed by atoms with Gasteiger partial charge in [0.05, 0.1) is 18.4 Å². The molecule has 0 aromatic carbocycles. The van der Waals surface area contributed by atoms with Gasteiger partial charge in [0.2, 0.25) is 5.65 Å². The van der Waals surface area contributed by atoms with Gasteiger partial charge >= 0.3 is 0 Å². The maximum atomic E-state index is 6.16. The molecule has 0 fully saturated rings. The van der Waals surface area contributed by atoms with Crippen molar-refractivity contribution in [1.82, 2.24) is 25.1 Å². The highest BCUT2D eigenvalue weighted by atomic mass is 16.6. The van der Waals surface area contributed by atoms with E-state index in [1.807, 2.05) is 24.0 Å². The summed E-state index contributed by atoms with van der Waals surface area (Å²) in [5, 5.41) is 11.9. The zero-order valence-corrected chi connectivity index (χ0v) is 12.6. The second-order valence-corrected chi connectivity index (χ2v) is 6.20. The average molecular weight is 286 g/mol. The van der Waals surface area contributed by atoms with Crippen molar-refractivity contribution in [3.63, 3.8) is 0 Å². The molecule has 3 heterocycles. The lowest BCUT2D eigenvalue weighted by molar-refractivity contribution is 0.315. The van der Waals surface area contributed by atoms with E-state index in [4.69, 9.17) is 5.73 Å². The Kier molecular flexibility index (Phi) is 2.93. The Bertz CT molecular complexity index is 795. The van der Waals surface area contributed by atoms with Gasteiger partial charge in [0, 0.05) is 17.5 Å². The summed E-state index contributed by atoms with van der Waals surface area (Å²) in [5.74, 6) is 0.